The summed E-state index contributed by atoms with van der Waals surface area (Å²) in [5, 5.41) is 0. The molecule has 18 heavy (non-hydrogen) atoms. The van der Waals surface area contributed by atoms with Crippen molar-refractivity contribution in [2.75, 3.05) is 6.54 Å². The fourth-order valence-corrected chi connectivity index (χ4v) is 2.08. The zero-order chi connectivity index (χ0) is 13.0. The van der Waals surface area contributed by atoms with Crippen molar-refractivity contribution in [2.45, 2.75) is 18.8 Å². The number of nitrogens with zero attached hydrogens (tertiary/aromatic N) is 1. The molecule has 94 valence electrons. The van der Waals surface area contributed by atoms with Gasteiger partial charge in [-0.05, 0) is 36.2 Å². The second-order valence-corrected chi connectivity index (χ2v) is 4.79. The maximum atomic E-state index is 13.2. The Morgan fingerprint density at radius 1 is 1.22 bits per heavy atom. The second kappa shape index (κ2) is 5.27. The van der Waals surface area contributed by atoms with Gasteiger partial charge in [-0.25, -0.2) is 4.39 Å². The Kier molecular flexibility index (Phi) is 3.72. The summed E-state index contributed by atoms with van der Waals surface area (Å²) in [6.07, 6.45) is 2.44. The van der Waals surface area contributed by atoms with Crippen LogP contribution in [0.15, 0.2) is 48.7 Å². The maximum Gasteiger partial charge on any atom is 0.123 e. The predicted octanol–water partition coefficient (Wildman–Crippen LogP) is 2.68. The standard InChI is InChI=1S/C15H17FN2/c1-15(11-17,14-7-2-3-8-18-14)10-12-5-4-6-13(16)9-12/h2-9H,10-11,17H2,1H3/t15-/m0/s1. The van der Waals surface area contributed by atoms with Crippen LogP contribution >= 0.6 is 0 Å². The minimum Gasteiger partial charge on any atom is -0.330 e. The van der Waals surface area contributed by atoms with Crippen LogP contribution in [0, 0.1) is 5.82 Å². The summed E-state index contributed by atoms with van der Waals surface area (Å²) in [6.45, 7) is 2.53. The summed E-state index contributed by atoms with van der Waals surface area (Å²) < 4.78 is 13.2. The van der Waals surface area contributed by atoms with Crippen LogP contribution < -0.4 is 5.73 Å². The van der Waals surface area contributed by atoms with E-state index in [9.17, 15) is 4.39 Å². The van der Waals surface area contributed by atoms with Crippen molar-refractivity contribution < 1.29 is 4.39 Å². The summed E-state index contributed by atoms with van der Waals surface area (Å²) in [5.74, 6) is -0.215. The van der Waals surface area contributed by atoms with E-state index in [1.807, 2.05) is 24.3 Å². The molecule has 0 aliphatic rings. The number of benzene rings is 1. The molecule has 0 spiro atoms. The van der Waals surface area contributed by atoms with Crippen molar-refractivity contribution in [1.29, 1.82) is 0 Å². The van der Waals surface area contributed by atoms with Gasteiger partial charge in [0.25, 0.3) is 0 Å². The molecule has 0 unspecified atom stereocenters. The van der Waals surface area contributed by atoms with Gasteiger partial charge in [-0.15, -0.1) is 0 Å². The molecule has 0 aliphatic heterocycles. The Morgan fingerprint density at radius 2 is 2.06 bits per heavy atom. The highest BCUT2D eigenvalue weighted by Gasteiger charge is 2.26. The van der Waals surface area contributed by atoms with E-state index in [0.29, 0.717) is 13.0 Å². The number of pyridine rings is 1. The Bertz CT molecular complexity index is 513. The molecule has 0 bridgehead atoms. The predicted molar refractivity (Wildman–Crippen MR) is 70.7 cm³/mol. The molecule has 0 saturated heterocycles. The lowest BCUT2D eigenvalue weighted by atomic mass is 9.80. The van der Waals surface area contributed by atoms with Gasteiger partial charge in [0, 0.05) is 23.9 Å². The van der Waals surface area contributed by atoms with Crippen LogP contribution in [0.2, 0.25) is 0 Å². The van der Waals surface area contributed by atoms with E-state index >= 15 is 0 Å². The fraction of sp³-hybridized carbons (Fsp3) is 0.267. The highest BCUT2D eigenvalue weighted by atomic mass is 19.1. The van der Waals surface area contributed by atoms with E-state index in [1.165, 1.54) is 6.07 Å². The summed E-state index contributed by atoms with van der Waals surface area (Å²) in [6, 6.07) is 12.4. The van der Waals surface area contributed by atoms with E-state index in [-0.39, 0.29) is 11.2 Å². The van der Waals surface area contributed by atoms with E-state index in [1.54, 1.807) is 18.3 Å². The third-order valence-electron chi connectivity index (χ3n) is 3.22. The summed E-state index contributed by atoms with van der Waals surface area (Å²) in [5.41, 5.74) is 7.50. The Labute approximate surface area is 107 Å². The van der Waals surface area contributed by atoms with Crippen molar-refractivity contribution in [3.8, 4) is 0 Å². The molecule has 0 radical (unpaired) electrons. The molecule has 0 amide bonds. The van der Waals surface area contributed by atoms with Crippen molar-refractivity contribution in [3.05, 3.63) is 65.7 Å². The summed E-state index contributed by atoms with van der Waals surface area (Å²) in [7, 11) is 0. The molecule has 1 heterocycles. The van der Waals surface area contributed by atoms with Crippen LogP contribution in [0.1, 0.15) is 18.2 Å². The zero-order valence-corrected chi connectivity index (χ0v) is 10.4. The third-order valence-corrected chi connectivity index (χ3v) is 3.22. The van der Waals surface area contributed by atoms with Gasteiger partial charge in [0.15, 0.2) is 0 Å². The minimum absolute atomic E-state index is 0.215. The largest absolute Gasteiger partial charge is 0.330 e. The van der Waals surface area contributed by atoms with Gasteiger partial charge in [-0.3, -0.25) is 4.98 Å². The topological polar surface area (TPSA) is 38.9 Å². The monoisotopic (exact) mass is 244 g/mol. The molecular weight excluding hydrogens is 227 g/mol. The third kappa shape index (κ3) is 2.74. The highest BCUT2D eigenvalue weighted by Crippen LogP contribution is 2.25. The lowest BCUT2D eigenvalue weighted by Gasteiger charge is -2.27. The molecule has 1 atom stereocenters. The maximum absolute atomic E-state index is 13.2. The van der Waals surface area contributed by atoms with Crippen molar-refractivity contribution in [3.63, 3.8) is 0 Å². The van der Waals surface area contributed by atoms with Crippen LogP contribution in [0.5, 0.6) is 0 Å². The van der Waals surface area contributed by atoms with E-state index in [4.69, 9.17) is 5.73 Å². The summed E-state index contributed by atoms with van der Waals surface area (Å²) >= 11 is 0. The number of halogens is 1. The first-order valence-electron chi connectivity index (χ1n) is 6.00. The number of hydrogen-bond acceptors (Lipinski definition) is 2. The van der Waals surface area contributed by atoms with Crippen LogP contribution in [-0.4, -0.2) is 11.5 Å². The van der Waals surface area contributed by atoms with Gasteiger partial charge in [0.1, 0.15) is 5.82 Å². The SMILES string of the molecule is C[C@@](CN)(Cc1cccc(F)c1)c1ccccn1. The average Bonchev–Trinajstić information content (AvgIpc) is 2.39. The Balaban J connectivity index is 2.29. The number of rotatable bonds is 4. The minimum atomic E-state index is -0.269. The molecule has 1 aromatic carbocycles. The molecule has 0 aliphatic carbocycles. The molecule has 0 saturated carbocycles. The van der Waals surface area contributed by atoms with Crippen LogP contribution in [0.25, 0.3) is 0 Å². The van der Waals surface area contributed by atoms with E-state index in [2.05, 4.69) is 11.9 Å². The molecule has 2 rings (SSSR count). The van der Waals surface area contributed by atoms with Crippen LogP contribution in [0.3, 0.4) is 0 Å². The molecule has 0 fully saturated rings. The first kappa shape index (κ1) is 12.7. The first-order valence-corrected chi connectivity index (χ1v) is 6.00. The quantitative estimate of drug-likeness (QED) is 0.898. The fourth-order valence-electron chi connectivity index (χ4n) is 2.08. The average molecular weight is 244 g/mol. The van der Waals surface area contributed by atoms with Crippen LogP contribution in [-0.2, 0) is 11.8 Å². The zero-order valence-electron chi connectivity index (χ0n) is 10.4. The second-order valence-electron chi connectivity index (χ2n) is 4.79. The highest BCUT2D eigenvalue weighted by molar-refractivity contribution is 5.25. The smallest absolute Gasteiger partial charge is 0.123 e. The Morgan fingerprint density at radius 3 is 2.67 bits per heavy atom. The van der Waals surface area contributed by atoms with Gasteiger partial charge < -0.3 is 5.73 Å². The van der Waals surface area contributed by atoms with Gasteiger partial charge in [-0.2, -0.15) is 0 Å². The van der Waals surface area contributed by atoms with Gasteiger partial charge in [0.05, 0.1) is 0 Å². The lowest BCUT2D eigenvalue weighted by Crippen LogP contribution is -2.35. The number of nitrogens with two attached hydrogens (primary N) is 1. The van der Waals surface area contributed by atoms with Gasteiger partial charge >= 0.3 is 0 Å². The molecule has 2 nitrogen and oxygen atoms in total. The van der Waals surface area contributed by atoms with Gasteiger partial charge in [0.2, 0.25) is 0 Å². The molecule has 2 aromatic rings. The molecule has 2 N–H and O–H groups in total. The first-order chi connectivity index (χ1) is 8.64. The van der Waals surface area contributed by atoms with Crippen LogP contribution in [0.4, 0.5) is 4.39 Å². The van der Waals surface area contributed by atoms with Crippen molar-refractivity contribution in [2.24, 2.45) is 5.73 Å². The van der Waals surface area contributed by atoms with Crippen molar-refractivity contribution >= 4 is 0 Å². The van der Waals surface area contributed by atoms with E-state index < -0.39 is 0 Å². The lowest BCUT2D eigenvalue weighted by molar-refractivity contribution is 0.465. The summed E-state index contributed by atoms with van der Waals surface area (Å²) in [4.78, 5) is 4.37. The van der Waals surface area contributed by atoms with Crippen molar-refractivity contribution in [1.82, 2.24) is 4.98 Å². The molecular formula is C15H17FN2. The normalized spacial score (nSPS) is 14.2. The Hall–Kier alpha value is -1.74. The molecule has 1 aromatic heterocycles. The van der Waals surface area contributed by atoms with Gasteiger partial charge in [-0.1, -0.05) is 25.1 Å². The number of aromatic nitrogens is 1. The van der Waals surface area contributed by atoms with E-state index in [0.717, 1.165) is 11.3 Å². The number of hydrogen-bond donors (Lipinski definition) is 1. The molecule has 3 heteroatoms.